The highest BCUT2D eigenvalue weighted by atomic mass is 35.5. The first-order valence-corrected chi connectivity index (χ1v) is 8.48. The molecule has 0 aromatic heterocycles. The van der Waals surface area contributed by atoms with E-state index in [1.807, 2.05) is 0 Å². The third-order valence-corrected chi connectivity index (χ3v) is 4.35. The molecule has 0 aliphatic carbocycles. The first-order valence-electron chi connectivity index (χ1n) is 7.73. The van der Waals surface area contributed by atoms with Gasteiger partial charge in [-0.1, -0.05) is 23.2 Å². The van der Waals surface area contributed by atoms with E-state index >= 15 is 0 Å². The Kier molecular flexibility index (Phi) is 6.82. The van der Waals surface area contributed by atoms with Gasteiger partial charge in [-0.25, -0.2) is 0 Å². The molecule has 144 valence electrons. The van der Waals surface area contributed by atoms with Crippen molar-refractivity contribution in [2.75, 3.05) is 17.7 Å². The fourth-order valence-electron chi connectivity index (χ4n) is 2.17. The first-order chi connectivity index (χ1) is 13.3. The maximum atomic E-state index is 12.3. The predicted molar refractivity (Wildman–Crippen MR) is 107 cm³/mol. The first kappa shape index (κ1) is 21.0. The van der Waals surface area contributed by atoms with Crippen molar-refractivity contribution < 1.29 is 14.5 Å². The minimum atomic E-state index is -0.753. The molecule has 8 nitrogen and oxygen atoms in total. The van der Waals surface area contributed by atoms with Crippen LogP contribution in [0.5, 0.6) is 5.75 Å². The maximum Gasteiger partial charge on any atom is 0.289 e. The van der Waals surface area contributed by atoms with Crippen LogP contribution >= 0.6 is 23.2 Å². The van der Waals surface area contributed by atoms with Crippen LogP contribution in [0.2, 0.25) is 10.0 Å². The van der Waals surface area contributed by atoms with Crippen molar-refractivity contribution in [3.63, 3.8) is 0 Å². The lowest BCUT2D eigenvalue weighted by molar-refractivity contribution is -0.384. The molecular weight excluding hydrogens is 407 g/mol. The highest BCUT2D eigenvalue weighted by Gasteiger charge is 2.16. The van der Waals surface area contributed by atoms with E-state index < -0.39 is 10.8 Å². The second kappa shape index (κ2) is 9.08. The van der Waals surface area contributed by atoms with E-state index in [0.29, 0.717) is 16.5 Å². The van der Waals surface area contributed by atoms with Crippen LogP contribution in [0.3, 0.4) is 0 Å². The largest absolute Gasteiger partial charge is 0.495 e. The summed E-state index contributed by atoms with van der Waals surface area (Å²) in [7, 11) is 1.46. The number of amides is 1. The molecule has 28 heavy (non-hydrogen) atoms. The third kappa shape index (κ3) is 4.91. The predicted octanol–water partition coefficient (Wildman–Crippen LogP) is 4.68. The molecule has 0 bridgehead atoms. The number of anilines is 2. The van der Waals surface area contributed by atoms with Crippen molar-refractivity contribution in [1.29, 1.82) is 5.26 Å². The van der Waals surface area contributed by atoms with E-state index in [1.165, 1.54) is 25.4 Å². The molecule has 0 fully saturated rings. The van der Waals surface area contributed by atoms with E-state index in [1.54, 1.807) is 25.1 Å². The second-order valence-corrected chi connectivity index (χ2v) is 6.31. The number of carbonyl (C=O) groups is 1. The lowest BCUT2D eigenvalue weighted by Crippen LogP contribution is -2.14. The number of nitriles is 1. The molecule has 2 aromatic rings. The molecule has 0 unspecified atom stereocenters. The number of ether oxygens (including phenoxy) is 1. The van der Waals surface area contributed by atoms with Crippen molar-refractivity contribution in [2.45, 2.75) is 6.92 Å². The number of benzene rings is 2. The molecular formula is C18H14Cl2N4O4. The molecule has 0 spiro atoms. The Balaban J connectivity index is 2.23. The van der Waals surface area contributed by atoms with Gasteiger partial charge in [-0.2, -0.15) is 5.26 Å². The summed E-state index contributed by atoms with van der Waals surface area (Å²) < 4.78 is 5.21. The van der Waals surface area contributed by atoms with Gasteiger partial charge in [0, 0.05) is 29.0 Å². The maximum absolute atomic E-state index is 12.3. The Labute approximate surface area is 170 Å². The van der Waals surface area contributed by atoms with E-state index in [9.17, 15) is 20.2 Å². The van der Waals surface area contributed by atoms with Crippen LogP contribution in [0, 0.1) is 28.4 Å². The average molecular weight is 421 g/mol. The van der Waals surface area contributed by atoms with E-state index in [2.05, 4.69) is 10.6 Å². The fraction of sp³-hybridized carbons (Fsp3) is 0.111. The number of carbonyl (C=O) groups excluding carboxylic acids is 1. The monoisotopic (exact) mass is 420 g/mol. The van der Waals surface area contributed by atoms with Crippen LogP contribution in [0.1, 0.15) is 5.56 Å². The summed E-state index contributed by atoms with van der Waals surface area (Å²) in [5, 5.41) is 25.9. The van der Waals surface area contributed by atoms with E-state index in [0.717, 1.165) is 11.6 Å². The van der Waals surface area contributed by atoms with Gasteiger partial charge in [0.15, 0.2) is 0 Å². The van der Waals surface area contributed by atoms with Crippen LogP contribution in [0.4, 0.5) is 17.1 Å². The van der Waals surface area contributed by atoms with Crippen LogP contribution < -0.4 is 15.4 Å². The van der Waals surface area contributed by atoms with Gasteiger partial charge in [0.1, 0.15) is 22.4 Å². The minimum Gasteiger partial charge on any atom is -0.495 e. The highest BCUT2D eigenvalue weighted by molar-refractivity contribution is 6.32. The van der Waals surface area contributed by atoms with Gasteiger partial charge < -0.3 is 15.4 Å². The SMILES string of the molecule is COc1cc(Cl)c(C)cc1N/C=C(/C#N)C(=O)Nc1ccc(Cl)c([N+](=O)[O-])c1. The fourth-order valence-corrected chi connectivity index (χ4v) is 2.51. The van der Waals surface area contributed by atoms with Crippen molar-refractivity contribution in [1.82, 2.24) is 0 Å². The summed E-state index contributed by atoms with van der Waals surface area (Å²) in [6, 6.07) is 8.85. The molecule has 0 aliphatic heterocycles. The van der Waals surface area contributed by atoms with E-state index in [4.69, 9.17) is 27.9 Å². The summed E-state index contributed by atoms with van der Waals surface area (Å²) in [5.41, 5.74) is 0.790. The van der Waals surface area contributed by atoms with Crippen molar-refractivity contribution in [3.8, 4) is 11.8 Å². The van der Waals surface area contributed by atoms with Gasteiger partial charge in [-0.3, -0.25) is 14.9 Å². The Hall–Kier alpha value is -3.28. The number of methoxy groups -OCH3 is 1. The number of nitrogens with one attached hydrogen (secondary N) is 2. The molecule has 0 radical (unpaired) electrons. The normalized spacial score (nSPS) is 10.8. The lowest BCUT2D eigenvalue weighted by Gasteiger charge is -2.11. The second-order valence-electron chi connectivity index (χ2n) is 5.49. The number of nitro groups is 1. The molecule has 0 atom stereocenters. The molecule has 2 rings (SSSR count). The lowest BCUT2D eigenvalue weighted by atomic mass is 10.2. The molecule has 0 heterocycles. The zero-order valence-electron chi connectivity index (χ0n) is 14.7. The number of rotatable bonds is 6. The Morgan fingerprint density at radius 3 is 2.61 bits per heavy atom. The quantitative estimate of drug-likeness (QED) is 0.303. The van der Waals surface area contributed by atoms with Gasteiger partial charge in [0.25, 0.3) is 11.6 Å². The number of nitro benzene ring substituents is 1. The van der Waals surface area contributed by atoms with Crippen LogP contribution in [-0.4, -0.2) is 17.9 Å². The molecule has 0 aliphatic rings. The average Bonchev–Trinajstić information content (AvgIpc) is 2.66. The van der Waals surface area contributed by atoms with Gasteiger partial charge in [0.05, 0.1) is 17.7 Å². The number of hydrogen-bond donors (Lipinski definition) is 2. The Morgan fingerprint density at radius 2 is 2.00 bits per heavy atom. The zero-order chi connectivity index (χ0) is 20.8. The summed E-state index contributed by atoms with van der Waals surface area (Å²) in [6.07, 6.45) is 1.20. The van der Waals surface area contributed by atoms with Gasteiger partial charge in [-0.15, -0.1) is 0 Å². The highest BCUT2D eigenvalue weighted by Crippen LogP contribution is 2.31. The van der Waals surface area contributed by atoms with Crippen LogP contribution in [0.15, 0.2) is 42.1 Å². The van der Waals surface area contributed by atoms with Crippen molar-refractivity contribution >= 4 is 46.2 Å². The molecule has 10 heteroatoms. The standard InChI is InChI=1S/C18H14Cl2N4O4/c1-10-5-15(17(28-2)7-14(10)20)22-9-11(8-21)18(25)23-12-3-4-13(19)16(6-12)24(26)27/h3-7,9,22H,1-2H3,(H,23,25)/b11-9-. The smallest absolute Gasteiger partial charge is 0.289 e. The number of aryl methyl sites for hydroxylation is 1. The van der Waals surface area contributed by atoms with E-state index in [-0.39, 0.29) is 22.0 Å². The Morgan fingerprint density at radius 1 is 1.29 bits per heavy atom. The minimum absolute atomic E-state index is 0.0640. The summed E-state index contributed by atoms with van der Waals surface area (Å²) in [6.45, 7) is 1.79. The molecule has 2 N–H and O–H groups in total. The Bertz CT molecular complexity index is 1020. The molecule has 0 saturated carbocycles. The van der Waals surface area contributed by atoms with Crippen LogP contribution in [-0.2, 0) is 4.79 Å². The summed E-state index contributed by atoms with van der Waals surface area (Å²) >= 11 is 11.8. The van der Waals surface area contributed by atoms with Crippen molar-refractivity contribution in [3.05, 3.63) is 67.8 Å². The number of hydrogen-bond acceptors (Lipinski definition) is 6. The summed E-state index contributed by atoms with van der Waals surface area (Å²) in [5.74, 6) is -0.325. The topological polar surface area (TPSA) is 117 Å². The van der Waals surface area contributed by atoms with Gasteiger partial charge in [-0.05, 0) is 30.7 Å². The molecule has 0 saturated heterocycles. The number of halogens is 2. The summed E-state index contributed by atoms with van der Waals surface area (Å²) in [4.78, 5) is 22.6. The third-order valence-electron chi connectivity index (χ3n) is 3.62. The van der Waals surface area contributed by atoms with Gasteiger partial charge in [0.2, 0.25) is 0 Å². The molecule has 1 amide bonds. The van der Waals surface area contributed by atoms with Gasteiger partial charge >= 0.3 is 0 Å². The van der Waals surface area contributed by atoms with Crippen molar-refractivity contribution in [2.24, 2.45) is 0 Å². The van der Waals surface area contributed by atoms with Crippen LogP contribution in [0.25, 0.3) is 0 Å². The molecule has 2 aromatic carbocycles. The number of nitrogens with zero attached hydrogens (tertiary/aromatic N) is 2. The zero-order valence-corrected chi connectivity index (χ0v) is 16.3.